The Bertz CT molecular complexity index is 1270. The van der Waals surface area contributed by atoms with Crippen LogP contribution in [-0.4, -0.2) is 42.2 Å². The minimum Gasteiger partial charge on any atom is -0.330 e. The quantitative estimate of drug-likeness (QED) is 0.237. The molecule has 7 nitrogen and oxygen atoms in total. The molecule has 1 heterocycles. The number of piperidine rings is 1. The number of amides is 2. The molecule has 38 heavy (non-hydrogen) atoms. The highest BCUT2D eigenvalue weighted by molar-refractivity contribution is 7.92. The molecule has 3 N–H and O–H groups in total. The van der Waals surface area contributed by atoms with Gasteiger partial charge in [0.1, 0.15) is 0 Å². The lowest BCUT2D eigenvalue weighted by Gasteiger charge is -2.53. The monoisotopic (exact) mass is 581 g/mol. The van der Waals surface area contributed by atoms with Gasteiger partial charge in [-0.1, -0.05) is 68.2 Å². The molecule has 0 radical (unpaired) electrons. The number of nitrogens with zero attached hydrogens (tertiary/aromatic N) is 1. The van der Waals surface area contributed by atoms with Crippen LogP contribution in [0.2, 0.25) is 10.0 Å². The molecular formula is C28H37Cl2N3O4S. The van der Waals surface area contributed by atoms with Gasteiger partial charge in [0, 0.05) is 28.4 Å². The average Bonchev–Trinajstić information content (AvgIpc) is 2.84. The Balaban J connectivity index is 2.30. The number of sulfone groups is 1. The molecule has 0 saturated carbocycles. The van der Waals surface area contributed by atoms with Crippen LogP contribution in [0.5, 0.6) is 0 Å². The summed E-state index contributed by atoms with van der Waals surface area (Å²) in [6.07, 6.45) is 0.204. The van der Waals surface area contributed by atoms with Crippen LogP contribution in [0.25, 0.3) is 0 Å². The Morgan fingerprint density at radius 3 is 2.24 bits per heavy atom. The van der Waals surface area contributed by atoms with Gasteiger partial charge in [-0.05, 0) is 61.6 Å². The largest absolute Gasteiger partial charge is 0.330 e. The zero-order chi connectivity index (χ0) is 28.4. The van der Waals surface area contributed by atoms with Crippen LogP contribution in [-0.2, 0) is 19.4 Å². The fourth-order valence-corrected chi connectivity index (χ4v) is 7.07. The molecular weight excluding hydrogens is 545 g/mol. The highest BCUT2D eigenvalue weighted by Crippen LogP contribution is 2.52. The zero-order valence-corrected chi connectivity index (χ0v) is 24.8. The third kappa shape index (κ3) is 6.53. The van der Waals surface area contributed by atoms with Crippen LogP contribution in [0.4, 0.5) is 0 Å². The molecule has 1 aliphatic heterocycles. The Labute approximate surface area is 235 Å². The number of hydrazine groups is 1. The van der Waals surface area contributed by atoms with Gasteiger partial charge in [-0.25, -0.2) is 14.3 Å². The van der Waals surface area contributed by atoms with Gasteiger partial charge >= 0.3 is 0 Å². The highest BCUT2D eigenvalue weighted by atomic mass is 35.5. The molecule has 2 aromatic carbocycles. The predicted molar refractivity (Wildman–Crippen MR) is 152 cm³/mol. The summed E-state index contributed by atoms with van der Waals surface area (Å²) in [7, 11) is -3.52. The van der Waals surface area contributed by atoms with Crippen molar-refractivity contribution in [3.05, 3.63) is 69.7 Å². The summed E-state index contributed by atoms with van der Waals surface area (Å²) < 4.78 is 26.4. The van der Waals surface area contributed by atoms with Crippen molar-refractivity contribution in [2.45, 2.75) is 70.7 Å². The van der Waals surface area contributed by atoms with Crippen LogP contribution >= 0.6 is 23.2 Å². The number of rotatable bonds is 9. The maximum absolute atomic E-state index is 14.5. The smallest absolute Gasteiger partial charge is 0.234 e. The van der Waals surface area contributed by atoms with Gasteiger partial charge in [-0.15, -0.1) is 0 Å². The molecule has 1 aliphatic rings. The van der Waals surface area contributed by atoms with E-state index >= 15 is 0 Å². The number of hydrogen-bond acceptors (Lipinski definition) is 5. The Morgan fingerprint density at radius 2 is 1.71 bits per heavy atom. The average molecular weight is 583 g/mol. The van der Waals surface area contributed by atoms with E-state index in [1.54, 1.807) is 43.9 Å². The third-order valence-corrected chi connectivity index (χ3v) is 10.3. The molecule has 1 fully saturated rings. The van der Waals surface area contributed by atoms with Crippen LogP contribution in [0, 0.1) is 11.3 Å². The second-order valence-electron chi connectivity index (χ2n) is 11.1. The lowest BCUT2D eigenvalue weighted by Crippen LogP contribution is -2.59. The molecule has 4 atom stereocenters. The van der Waals surface area contributed by atoms with E-state index in [0.717, 1.165) is 11.1 Å². The number of halogens is 2. The highest BCUT2D eigenvalue weighted by Gasteiger charge is 2.53. The van der Waals surface area contributed by atoms with Crippen molar-refractivity contribution >= 4 is 44.9 Å². The van der Waals surface area contributed by atoms with Crippen LogP contribution < -0.4 is 11.3 Å². The van der Waals surface area contributed by atoms with Crippen LogP contribution in [0.3, 0.4) is 0 Å². The third-order valence-electron chi connectivity index (χ3n) is 7.55. The Morgan fingerprint density at radius 1 is 1.08 bits per heavy atom. The van der Waals surface area contributed by atoms with Crippen molar-refractivity contribution in [2.24, 2.45) is 17.2 Å². The first-order valence-corrected chi connectivity index (χ1v) is 15.2. The molecule has 0 spiro atoms. The summed E-state index contributed by atoms with van der Waals surface area (Å²) in [6, 6.07) is 13.6. The molecule has 0 unspecified atom stereocenters. The Hall–Kier alpha value is -2.13. The second kappa shape index (κ2) is 11.9. The topological polar surface area (TPSA) is 110 Å². The lowest BCUT2D eigenvalue weighted by molar-refractivity contribution is -0.158. The number of carbonyl (C=O) groups is 2. The van der Waals surface area contributed by atoms with Crippen LogP contribution in [0.15, 0.2) is 48.5 Å². The molecule has 10 heteroatoms. The van der Waals surface area contributed by atoms with Crippen molar-refractivity contribution in [1.29, 1.82) is 0 Å². The Kier molecular flexibility index (Phi) is 9.56. The van der Waals surface area contributed by atoms with Crippen LogP contribution in [0.1, 0.15) is 70.5 Å². The van der Waals surface area contributed by atoms with Gasteiger partial charge in [0.2, 0.25) is 11.8 Å². The van der Waals surface area contributed by atoms with E-state index < -0.39 is 38.5 Å². The first-order valence-electron chi connectivity index (χ1n) is 12.7. The van der Waals surface area contributed by atoms with E-state index in [2.05, 4.69) is 5.43 Å². The molecule has 3 rings (SSSR count). The van der Waals surface area contributed by atoms with E-state index in [0.29, 0.717) is 16.5 Å². The number of carbonyl (C=O) groups excluding carboxylic acids is 2. The maximum atomic E-state index is 14.5. The maximum Gasteiger partial charge on any atom is 0.234 e. The van der Waals surface area contributed by atoms with Gasteiger partial charge in [-0.3, -0.25) is 15.0 Å². The minimum absolute atomic E-state index is 0.134. The minimum atomic E-state index is -3.52. The molecule has 1 saturated heterocycles. The molecule has 2 amide bonds. The molecule has 208 valence electrons. The number of nitrogens with two attached hydrogens (primary N) is 1. The van der Waals surface area contributed by atoms with E-state index in [9.17, 15) is 18.0 Å². The van der Waals surface area contributed by atoms with Crippen molar-refractivity contribution in [2.75, 3.05) is 5.75 Å². The van der Waals surface area contributed by atoms with Gasteiger partial charge < -0.3 is 4.90 Å². The van der Waals surface area contributed by atoms with E-state index in [-0.39, 0.29) is 29.9 Å². The summed E-state index contributed by atoms with van der Waals surface area (Å²) in [6.45, 7) is 8.87. The zero-order valence-electron chi connectivity index (χ0n) is 22.4. The van der Waals surface area contributed by atoms with Gasteiger partial charge in [0.05, 0.1) is 22.5 Å². The summed E-state index contributed by atoms with van der Waals surface area (Å²) in [5.41, 5.74) is 2.74. The van der Waals surface area contributed by atoms with Crippen molar-refractivity contribution in [1.82, 2.24) is 10.3 Å². The number of nitrogens with one attached hydrogen (secondary N) is 1. The fraction of sp³-hybridized carbons (Fsp3) is 0.500. The predicted octanol–water partition coefficient (Wildman–Crippen LogP) is 5.28. The fourth-order valence-electron chi connectivity index (χ4n) is 5.34. The number of hydrogen-bond donors (Lipinski definition) is 2. The van der Waals surface area contributed by atoms with E-state index in [1.807, 2.05) is 44.2 Å². The number of benzene rings is 2. The van der Waals surface area contributed by atoms with Crippen molar-refractivity contribution < 1.29 is 18.0 Å². The molecule has 0 aromatic heterocycles. The van der Waals surface area contributed by atoms with Gasteiger partial charge in [0.15, 0.2) is 9.84 Å². The summed E-state index contributed by atoms with van der Waals surface area (Å²) in [5.74, 6) is 4.00. The number of likely N-dealkylation sites (tertiary alicyclic amines) is 1. The van der Waals surface area contributed by atoms with Crippen molar-refractivity contribution in [3.63, 3.8) is 0 Å². The molecule has 0 bridgehead atoms. The molecule has 0 aliphatic carbocycles. The normalized spacial score (nSPS) is 23.1. The summed E-state index contributed by atoms with van der Waals surface area (Å²) in [5, 5.41) is 0.495. The second-order valence-corrected chi connectivity index (χ2v) is 14.5. The standard InChI is InChI=1S/C28H37Cl2N3O4S/c1-17(2)24(16-38(36,37)18(3)4)33-26(19-9-11-21(29)12-10-19)23(20-7-6-8-22(30)13-20)14-28(5,27(33)35)15-25(34)32-31/h6-13,17-18,23-24,26H,14-16,31H2,1-5H3,(H,32,34)/t23-,24-,26-,28-/m1/s1. The van der Waals surface area contributed by atoms with Crippen molar-refractivity contribution in [3.8, 4) is 0 Å². The molecule has 2 aromatic rings. The SMILES string of the molecule is CC(C)[C@@H](CS(=O)(=O)C(C)C)N1C(=O)[C@@](C)(CC(=O)NN)C[C@H](c2cccc(Cl)c2)[C@H]1c1ccc(Cl)cc1. The first kappa shape index (κ1) is 30.4. The van der Waals surface area contributed by atoms with Gasteiger partial charge in [-0.2, -0.15) is 0 Å². The summed E-state index contributed by atoms with van der Waals surface area (Å²) in [4.78, 5) is 28.7. The summed E-state index contributed by atoms with van der Waals surface area (Å²) >= 11 is 12.6. The van der Waals surface area contributed by atoms with E-state index in [1.165, 1.54) is 0 Å². The van der Waals surface area contributed by atoms with E-state index in [4.69, 9.17) is 29.0 Å². The lowest BCUT2D eigenvalue weighted by atomic mass is 9.66. The van der Waals surface area contributed by atoms with Gasteiger partial charge in [0.25, 0.3) is 0 Å². The first-order chi connectivity index (χ1) is 17.7.